The third-order valence-corrected chi connectivity index (χ3v) is 3.89. The lowest BCUT2D eigenvalue weighted by Gasteiger charge is -2.25. The molecular formula is C12H12BrClFN3O. The van der Waals surface area contributed by atoms with Crippen molar-refractivity contribution in [3.05, 3.63) is 28.2 Å². The molecule has 0 aliphatic rings. The van der Waals surface area contributed by atoms with Gasteiger partial charge in [0.2, 0.25) is 5.91 Å². The molecular weight excluding hydrogens is 337 g/mol. The van der Waals surface area contributed by atoms with E-state index in [9.17, 15) is 9.18 Å². The molecule has 0 saturated carbocycles. The molecule has 2 aromatic rings. The Morgan fingerprint density at radius 2 is 2.21 bits per heavy atom. The maximum Gasteiger partial charge on any atom is 0.243 e. The molecule has 19 heavy (non-hydrogen) atoms. The number of nitrogens with two attached hydrogens (primary N) is 1. The van der Waals surface area contributed by atoms with Crippen LogP contribution in [0.2, 0.25) is 0 Å². The summed E-state index contributed by atoms with van der Waals surface area (Å²) in [5.41, 5.74) is 5.46. The van der Waals surface area contributed by atoms with Crippen molar-refractivity contribution in [2.24, 2.45) is 5.73 Å². The van der Waals surface area contributed by atoms with E-state index >= 15 is 0 Å². The van der Waals surface area contributed by atoms with Gasteiger partial charge < -0.3 is 10.3 Å². The first-order valence-electron chi connectivity index (χ1n) is 5.51. The van der Waals surface area contributed by atoms with Crippen LogP contribution in [0.25, 0.3) is 11.0 Å². The third-order valence-electron chi connectivity index (χ3n) is 3.05. The van der Waals surface area contributed by atoms with Crippen LogP contribution in [0.3, 0.4) is 0 Å². The Labute approximate surface area is 122 Å². The molecule has 0 radical (unpaired) electrons. The monoisotopic (exact) mass is 347 g/mol. The summed E-state index contributed by atoms with van der Waals surface area (Å²) in [6, 6.07) is 2.86. The number of imidazole rings is 1. The number of rotatable bonds is 3. The van der Waals surface area contributed by atoms with Crippen molar-refractivity contribution < 1.29 is 9.18 Å². The van der Waals surface area contributed by atoms with Crippen molar-refractivity contribution in [2.45, 2.75) is 25.3 Å². The van der Waals surface area contributed by atoms with Gasteiger partial charge in [0.15, 0.2) is 0 Å². The molecule has 1 amide bonds. The fourth-order valence-electron chi connectivity index (χ4n) is 1.95. The number of hydrogen-bond donors (Lipinski definition) is 1. The molecule has 7 heteroatoms. The number of hydrogen-bond acceptors (Lipinski definition) is 2. The van der Waals surface area contributed by atoms with Crippen LogP contribution in [0.1, 0.15) is 19.7 Å². The summed E-state index contributed by atoms with van der Waals surface area (Å²) in [5.74, 6) is -0.364. The Bertz CT molecular complexity index is 669. The predicted octanol–water partition coefficient (Wildman–Crippen LogP) is 2.90. The number of nitrogens with zero attached hydrogens (tertiary/aromatic N) is 2. The Morgan fingerprint density at radius 1 is 1.58 bits per heavy atom. The van der Waals surface area contributed by atoms with E-state index in [2.05, 4.69) is 20.9 Å². The first-order chi connectivity index (χ1) is 8.78. The number of primary amides is 1. The van der Waals surface area contributed by atoms with Gasteiger partial charge in [-0.15, -0.1) is 11.6 Å². The maximum atomic E-state index is 13.5. The molecule has 0 saturated heterocycles. The van der Waals surface area contributed by atoms with E-state index in [0.29, 0.717) is 21.3 Å². The first kappa shape index (κ1) is 14.3. The van der Waals surface area contributed by atoms with Crippen LogP contribution in [-0.4, -0.2) is 15.5 Å². The smallest absolute Gasteiger partial charge is 0.243 e. The Hall–Kier alpha value is -1.14. The number of benzene rings is 1. The number of amides is 1. The van der Waals surface area contributed by atoms with Gasteiger partial charge in [-0.05, 0) is 35.8 Å². The molecule has 2 N–H and O–H groups in total. The first-order valence-corrected chi connectivity index (χ1v) is 6.84. The highest BCUT2D eigenvalue weighted by Crippen LogP contribution is 2.29. The lowest BCUT2D eigenvalue weighted by atomic mass is 10.0. The summed E-state index contributed by atoms with van der Waals surface area (Å²) >= 11 is 8.97. The van der Waals surface area contributed by atoms with Gasteiger partial charge in [-0.2, -0.15) is 0 Å². The van der Waals surface area contributed by atoms with Crippen LogP contribution in [0.15, 0.2) is 16.6 Å². The molecule has 0 unspecified atom stereocenters. The summed E-state index contributed by atoms with van der Waals surface area (Å²) in [7, 11) is 0. The summed E-state index contributed by atoms with van der Waals surface area (Å²) in [4.78, 5) is 15.9. The molecule has 102 valence electrons. The second-order valence-corrected chi connectivity index (χ2v) is 5.80. The molecule has 0 fully saturated rings. The normalized spacial score (nSPS) is 12.1. The van der Waals surface area contributed by atoms with Crippen LogP contribution in [0.5, 0.6) is 0 Å². The average molecular weight is 349 g/mol. The van der Waals surface area contributed by atoms with Crippen molar-refractivity contribution in [3.63, 3.8) is 0 Å². The standard InChI is InChI=1S/C12H12BrClFN3O/c1-12(2,11(16)19)18-9-3-6(13)7(15)4-8(9)17-10(18)5-14/h3-4H,5H2,1-2H3,(H2,16,19). The van der Waals surface area contributed by atoms with E-state index in [1.54, 1.807) is 24.5 Å². The van der Waals surface area contributed by atoms with Crippen molar-refractivity contribution in [1.29, 1.82) is 0 Å². The highest BCUT2D eigenvalue weighted by Gasteiger charge is 2.31. The van der Waals surface area contributed by atoms with E-state index < -0.39 is 17.3 Å². The van der Waals surface area contributed by atoms with E-state index in [1.165, 1.54) is 6.07 Å². The molecule has 1 aromatic heterocycles. The van der Waals surface area contributed by atoms with Crippen LogP contribution < -0.4 is 5.73 Å². The Morgan fingerprint density at radius 3 is 2.74 bits per heavy atom. The minimum Gasteiger partial charge on any atom is -0.368 e. The highest BCUT2D eigenvalue weighted by molar-refractivity contribution is 9.10. The maximum absolute atomic E-state index is 13.5. The van der Waals surface area contributed by atoms with Crippen molar-refractivity contribution in [1.82, 2.24) is 9.55 Å². The van der Waals surface area contributed by atoms with Gasteiger partial charge >= 0.3 is 0 Å². The zero-order chi connectivity index (χ0) is 14.4. The van der Waals surface area contributed by atoms with E-state index in [4.69, 9.17) is 17.3 Å². The van der Waals surface area contributed by atoms with Gasteiger partial charge in [0.25, 0.3) is 0 Å². The van der Waals surface area contributed by atoms with Crippen molar-refractivity contribution in [3.8, 4) is 0 Å². The second kappa shape index (κ2) is 4.76. The minimum absolute atomic E-state index is 0.102. The minimum atomic E-state index is -1.00. The number of halogens is 3. The Kier molecular flexibility index (Phi) is 3.57. The summed E-state index contributed by atoms with van der Waals surface area (Å²) in [6.07, 6.45) is 0. The fourth-order valence-corrected chi connectivity index (χ4v) is 2.46. The van der Waals surface area contributed by atoms with Crippen molar-refractivity contribution in [2.75, 3.05) is 0 Å². The third kappa shape index (κ3) is 2.23. The largest absolute Gasteiger partial charge is 0.368 e. The lowest BCUT2D eigenvalue weighted by molar-refractivity contribution is -0.125. The average Bonchev–Trinajstić information content (AvgIpc) is 2.67. The zero-order valence-corrected chi connectivity index (χ0v) is 12.7. The summed E-state index contributed by atoms with van der Waals surface area (Å²) < 4.78 is 15.5. The van der Waals surface area contributed by atoms with Crippen LogP contribution in [0, 0.1) is 5.82 Å². The van der Waals surface area contributed by atoms with Gasteiger partial charge in [-0.3, -0.25) is 4.79 Å². The van der Waals surface area contributed by atoms with Gasteiger partial charge in [-0.1, -0.05) is 0 Å². The Balaban J connectivity index is 2.85. The number of aromatic nitrogens is 2. The fraction of sp³-hybridized carbons (Fsp3) is 0.333. The summed E-state index contributed by atoms with van der Waals surface area (Å²) in [5, 5.41) is 0. The number of alkyl halides is 1. The SMILES string of the molecule is CC(C)(C(N)=O)n1c(CCl)nc2cc(F)c(Br)cc21. The van der Waals surface area contributed by atoms with Crippen molar-refractivity contribution >= 4 is 44.5 Å². The number of carbonyl (C=O) groups excluding carboxylic acids is 1. The lowest BCUT2D eigenvalue weighted by Crippen LogP contribution is -2.41. The number of carbonyl (C=O) groups is 1. The molecule has 0 aliphatic heterocycles. The van der Waals surface area contributed by atoms with Gasteiger partial charge in [0, 0.05) is 6.07 Å². The van der Waals surface area contributed by atoms with Crippen LogP contribution in [-0.2, 0) is 16.2 Å². The molecule has 0 atom stereocenters. The quantitative estimate of drug-likeness (QED) is 0.867. The molecule has 1 heterocycles. The molecule has 0 bridgehead atoms. The van der Waals surface area contributed by atoms with Gasteiger partial charge in [0.05, 0.1) is 21.4 Å². The van der Waals surface area contributed by atoms with Crippen LogP contribution in [0.4, 0.5) is 4.39 Å². The van der Waals surface area contributed by atoms with Crippen LogP contribution >= 0.6 is 27.5 Å². The topological polar surface area (TPSA) is 60.9 Å². The van der Waals surface area contributed by atoms with Gasteiger partial charge in [-0.25, -0.2) is 9.37 Å². The predicted molar refractivity (Wildman–Crippen MR) is 75.5 cm³/mol. The number of fused-ring (bicyclic) bond motifs is 1. The molecule has 0 spiro atoms. The van der Waals surface area contributed by atoms with E-state index in [-0.39, 0.29) is 5.88 Å². The summed E-state index contributed by atoms with van der Waals surface area (Å²) in [6.45, 7) is 3.34. The van der Waals surface area contributed by atoms with E-state index in [0.717, 1.165) is 0 Å². The molecule has 4 nitrogen and oxygen atoms in total. The van der Waals surface area contributed by atoms with Gasteiger partial charge in [0.1, 0.15) is 17.2 Å². The molecule has 1 aromatic carbocycles. The zero-order valence-electron chi connectivity index (χ0n) is 10.4. The van der Waals surface area contributed by atoms with E-state index in [1.807, 2.05) is 0 Å². The highest BCUT2D eigenvalue weighted by atomic mass is 79.9. The molecule has 2 rings (SSSR count). The molecule has 0 aliphatic carbocycles. The second-order valence-electron chi connectivity index (χ2n) is 4.68.